The molecule has 1 aliphatic rings. The lowest BCUT2D eigenvalue weighted by atomic mass is 10.0. The Morgan fingerprint density at radius 1 is 0.830 bits per heavy atom. The van der Waals surface area contributed by atoms with Crippen LogP contribution in [0.25, 0.3) is 0 Å². The van der Waals surface area contributed by atoms with Gasteiger partial charge >= 0.3 is 0 Å². The molecule has 2 aromatic rings. The van der Waals surface area contributed by atoms with Crippen molar-refractivity contribution in [2.45, 2.75) is 25.4 Å². The van der Waals surface area contributed by atoms with Gasteiger partial charge in [-0.3, -0.25) is 18.9 Å². The highest BCUT2D eigenvalue weighted by atomic mass is 32.2. The van der Waals surface area contributed by atoms with E-state index in [2.05, 4.69) is 22.5 Å². The van der Waals surface area contributed by atoms with Crippen molar-refractivity contribution in [1.29, 1.82) is 0 Å². The number of hydrogen-bond acceptors (Lipinski definition) is 10. The molecule has 5 N–H and O–H groups in total. The summed E-state index contributed by atoms with van der Waals surface area (Å²) in [7, 11) is -4.62. The molecule has 0 aromatic heterocycles. The maximum atomic E-state index is 13.4. The SMILES string of the molecule is NCCOCCOCCOCCOCCNC(=O)[C@@H](CS(=O)(=O)O)NC(=O)CCC(=O)N1Cc2ccccc2C#Cc2ccccc21. The summed E-state index contributed by atoms with van der Waals surface area (Å²) in [6.07, 6.45) is -0.544. The summed E-state index contributed by atoms with van der Waals surface area (Å²) >= 11 is 0. The van der Waals surface area contributed by atoms with Crippen LogP contribution in [0.15, 0.2) is 48.5 Å². The molecule has 0 spiro atoms. The van der Waals surface area contributed by atoms with Crippen molar-refractivity contribution in [1.82, 2.24) is 10.6 Å². The second-order valence-electron chi connectivity index (χ2n) is 10.3. The Hall–Kier alpha value is -3.88. The second kappa shape index (κ2) is 20.4. The zero-order valence-corrected chi connectivity index (χ0v) is 27.0. The van der Waals surface area contributed by atoms with Gasteiger partial charge in [0, 0.05) is 37.1 Å². The zero-order chi connectivity index (χ0) is 33.9. The standard InChI is InChI=1S/C32H42N4O10S/c33-13-15-43-17-19-45-21-22-46-20-18-44-16-14-34-32(39)28(24-47(40,41)42)35-30(37)11-12-31(38)36-23-27-7-2-1-5-25(27)9-10-26-6-3-4-8-29(26)36/h1-8,28H,11-24,33H2,(H,34,39)(H,35,37)(H,40,41,42)/t28-/m1/s1. The molecule has 0 radical (unpaired) electrons. The van der Waals surface area contributed by atoms with E-state index in [9.17, 15) is 27.4 Å². The topological polar surface area (TPSA) is 196 Å². The van der Waals surface area contributed by atoms with Crippen LogP contribution in [-0.2, 0) is 50.0 Å². The van der Waals surface area contributed by atoms with Crippen LogP contribution in [0, 0.1) is 11.8 Å². The summed E-state index contributed by atoms with van der Waals surface area (Å²) < 4.78 is 53.8. The molecule has 0 unspecified atom stereocenters. The molecule has 1 heterocycles. The van der Waals surface area contributed by atoms with Gasteiger partial charge in [-0.25, -0.2) is 0 Å². The smallest absolute Gasteiger partial charge is 0.267 e. The summed E-state index contributed by atoms with van der Waals surface area (Å²) in [4.78, 5) is 40.4. The van der Waals surface area contributed by atoms with Crippen LogP contribution in [0.4, 0.5) is 5.69 Å². The number of nitrogens with zero attached hydrogens (tertiary/aromatic N) is 1. The van der Waals surface area contributed by atoms with E-state index in [4.69, 9.17) is 24.7 Å². The Morgan fingerprint density at radius 3 is 2.06 bits per heavy atom. The van der Waals surface area contributed by atoms with Gasteiger partial charge in [-0.2, -0.15) is 8.42 Å². The van der Waals surface area contributed by atoms with Gasteiger partial charge in [0.15, 0.2) is 0 Å². The van der Waals surface area contributed by atoms with E-state index < -0.39 is 33.7 Å². The molecular formula is C32H42N4O10S. The van der Waals surface area contributed by atoms with Gasteiger partial charge < -0.3 is 40.2 Å². The maximum absolute atomic E-state index is 13.4. The molecule has 0 saturated heterocycles. The molecule has 1 atom stereocenters. The van der Waals surface area contributed by atoms with E-state index in [1.807, 2.05) is 36.4 Å². The zero-order valence-electron chi connectivity index (χ0n) is 26.1. The number of rotatable bonds is 21. The van der Waals surface area contributed by atoms with Gasteiger partial charge in [-0.05, 0) is 23.8 Å². The van der Waals surface area contributed by atoms with E-state index in [1.165, 1.54) is 0 Å². The first-order valence-corrected chi connectivity index (χ1v) is 16.8. The molecule has 0 aliphatic carbocycles. The number of carbonyl (C=O) groups is 3. The third kappa shape index (κ3) is 14.2. The fourth-order valence-corrected chi connectivity index (χ4v) is 5.09. The highest BCUT2D eigenvalue weighted by molar-refractivity contribution is 7.85. The molecule has 0 bridgehead atoms. The predicted octanol–water partition coefficient (Wildman–Crippen LogP) is 0.227. The van der Waals surface area contributed by atoms with Crippen molar-refractivity contribution in [3.8, 4) is 11.8 Å². The first-order valence-electron chi connectivity index (χ1n) is 15.2. The lowest BCUT2D eigenvalue weighted by Gasteiger charge is -2.26. The number of amides is 3. The molecule has 3 amide bonds. The molecule has 47 heavy (non-hydrogen) atoms. The first-order chi connectivity index (χ1) is 22.7. The third-order valence-corrected chi connectivity index (χ3v) is 7.45. The van der Waals surface area contributed by atoms with Crippen LogP contribution in [0.3, 0.4) is 0 Å². The minimum atomic E-state index is -4.62. The van der Waals surface area contributed by atoms with Crippen LogP contribution in [0.1, 0.15) is 29.5 Å². The predicted molar refractivity (Wildman–Crippen MR) is 173 cm³/mol. The summed E-state index contributed by atoms with van der Waals surface area (Å²) in [6.45, 7) is 3.50. The molecule has 2 aromatic carbocycles. The van der Waals surface area contributed by atoms with E-state index >= 15 is 0 Å². The van der Waals surface area contributed by atoms with Crippen LogP contribution in [0.5, 0.6) is 0 Å². The molecule has 1 aliphatic heterocycles. The number of fused-ring (bicyclic) bond motifs is 2. The van der Waals surface area contributed by atoms with Gasteiger partial charge in [-0.1, -0.05) is 42.2 Å². The number of hydrogen-bond donors (Lipinski definition) is 4. The van der Waals surface area contributed by atoms with Crippen molar-refractivity contribution >= 4 is 33.5 Å². The molecular weight excluding hydrogens is 632 g/mol. The van der Waals surface area contributed by atoms with Gasteiger partial charge in [0.1, 0.15) is 11.8 Å². The highest BCUT2D eigenvalue weighted by Crippen LogP contribution is 2.26. The number of nitrogens with two attached hydrogens (primary N) is 1. The Kier molecular flexibility index (Phi) is 16.3. The van der Waals surface area contributed by atoms with Gasteiger partial charge in [0.25, 0.3) is 10.1 Å². The fourth-order valence-electron chi connectivity index (χ4n) is 4.44. The summed E-state index contributed by atoms with van der Waals surface area (Å²) in [5.41, 5.74) is 8.22. The molecule has 3 rings (SSSR count). The number of anilines is 1. The van der Waals surface area contributed by atoms with E-state index in [1.54, 1.807) is 17.0 Å². The van der Waals surface area contributed by atoms with Crippen molar-refractivity contribution < 1.29 is 46.3 Å². The van der Waals surface area contributed by atoms with Crippen LogP contribution in [-0.4, -0.2) is 108 Å². The van der Waals surface area contributed by atoms with Crippen molar-refractivity contribution in [3.05, 3.63) is 65.2 Å². The molecule has 0 saturated carbocycles. The number of para-hydroxylation sites is 1. The van der Waals surface area contributed by atoms with Crippen molar-refractivity contribution in [2.24, 2.45) is 5.73 Å². The van der Waals surface area contributed by atoms with Gasteiger partial charge in [0.2, 0.25) is 17.7 Å². The van der Waals surface area contributed by atoms with Crippen LogP contribution >= 0.6 is 0 Å². The second-order valence-corrected chi connectivity index (χ2v) is 11.8. The fraction of sp³-hybridized carbons (Fsp3) is 0.469. The number of nitrogens with one attached hydrogen (secondary N) is 2. The monoisotopic (exact) mass is 674 g/mol. The number of ether oxygens (including phenoxy) is 4. The van der Waals surface area contributed by atoms with Crippen molar-refractivity contribution in [2.75, 3.05) is 76.6 Å². The molecule has 14 nitrogen and oxygen atoms in total. The summed E-state index contributed by atoms with van der Waals surface area (Å²) in [6, 6.07) is 13.1. The summed E-state index contributed by atoms with van der Waals surface area (Å²) in [5, 5.41) is 4.80. The Balaban J connectivity index is 1.42. The van der Waals surface area contributed by atoms with Crippen LogP contribution in [0.2, 0.25) is 0 Å². The average Bonchev–Trinajstić information content (AvgIpc) is 3.04. The lowest BCUT2D eigenvalue weighted by Crippen LogP contribution is -2.51. The summed E-state index contributed by atoms with van der Waals surface area (Å²) in [5.74, 6) is 3.28. The third-order valence-electron chi connectivity index (χ3n) is 6.69. The lowest BCUT2D eigenvalue weighted by molar-refractivity contribution is -0.129. The average molecular weight is 675 g/mol. The molecule has 15 heteroatoms. The van der Waals surface area contributed by atoms with Gasteiger partial charge in [0.05, 0.1) is 65.1 Å². The van der Waals surface area contributed by atoms with E-state index in [0.717, 1.165) is 11.1 Å². The number of benzene rings is 2. The molecule has 256 valence electrons. The Labute approximate surface area is 275 Å². The quantitative estimate of drug-likeness (QED) is 0.0804. The van der Waals surface area contributed by atoms with E-state index in [-0.39, 0.29) is 45.1 Å². The maximum Gasteiger partial charge on any atom is 0.267 e. The minimum Gasteiger partial charge on any atom is -0.378 e. The highest BCUT2D eigenvalue weighted by Gasteiger charge is 2.27. The molecule has 0 fully saturated rings. The Morgan fingerprint density at radius 2 is 1.40 bits per heavy atom. The number of carbonyl (C=O) groups excluding carboxylic acids is 3. The largest absolute Gasteiger partial charge is 0.378 e. The van der Waals surface area contributed by atoms with Crippen molar-refractivity contribution in [3.63, 3.8) is 0 Å². The van der Waals surface area contributed by atoms with E-state index in [0.29, 0.717) is 57.4 Å². The first kappa shape index (κ1) is 37.6. The van der Waals surface area contributed by atoms with Crippen LogP contribution < -0.4 is 21.3 Å². The minimum absolute atomic E-state index is 0.0137. The Bertz CT molecular complexity index is 1490. The normalized spacial score (nSPS) is 12.9. The van der Waals surface area contributed by atoms with Gasteiger partial charge in [-0.15, -0.1) is 0 Å².